The molecular formula is C16H23NO. The molecule has 0 amide bonds. The number of hydrogen-bond acceptors (Lipinski definition) is 2. The topological polar surface area (TPSA) is 20.3 Å². The van der Waals surface area contributed by atoms with Gasteiger partial charge >= 0.3 is 0 Å². The van der Waals surface area contributed by atoms with Crippen LogP contribution in [0, 0.1) is 6.92 Å². The number of piperidine rings is 1. The lowest BCUT2D eigenvalue weighted by Crippen LogP contribution is -2.30. The zero-order chi connectivity index (χ0) is 12.8. The number of nitrogens with zero attached hydrogens (tertiary/aromatic N) is 1. The molecule has 1 aliphatic rings. The van der Waals surface area contributed by atoms with Crippen molar-refractivity contribution in [2.45, 2.75) is 39.0 Å². The Morgan fingerprint density at radius 3 is 2.44 bits per heavy atom. The van der Waals surface area contributed by atoms with Gasteiger partial charge in [-0.25, -0.2) is 0 Å². The van der Waals surface area contributed by atoms with E-state index in [0.29, 0.717) is 6.42 Å². The van der Waals surface area contributed by atoms with Crippen molar-refractivity contribution in [2.24, 2.45) is 0 Å². The Hall–Kier alpha value is -1.15. The van der Waals surface area contributed by atoms with Gasteiger partial charge in [-0.3, -0.25) is 4.79 Å². The highest BCUT2D eigenvalue weighted by molar-refractivity contribution is 5.96. The summed E-state index contributed by atoms with van der Waals surface area (Å²) < 4.78 is 0. The van der Waals surface area contributed by atoms with Crippen molar-refractivity contribution in [1.82, 2.24) is 4.90 Å². The van der Waals surface area contributed by atoms with Crippen LogP contribution in [0.3, 0.4) is 0 Å². The smallest absolute Gasteiger partial charge is 0.162 e. The van der Waals surface area contributed by atoms with Crippen molar-refractivity contribution < 1.29 is 4.79 Å². The Morgan fingerprint density at radius 1 is 1.11 bits per heavy atom. The van der Waals surface area contributed by atoms with Crippen molar-refractivity contribution >= 4 is 5.78 Å². The van der Waals surface area contributed by atoms with Crippen molar-refractivity contribution in [1.29, 1.82) is 0 Å². The van der Waals surface area contributed by atoms with E-state index in [1.165, 1.54) is 37.9 Å². The van der Waals surface area contributed by atoms with Gasteiger partial charge in [-0.05, 0) is 45.8 Å². The van der Waals surface area contributed by atoms with E-state index in [9.17, 15) is 4.79 Å². The van der Waals surface area contributed by atoms with Crippen molar-refractivity contribution in [3.8, 4) is 0 Å². The number of rotatable bonds is 5. The number of Topliss-reactive ketones (excluding diaryl/α,β-unsaturated/α-hetero) is 1. The molecule has 2 rings (SSSR count). The summed E-state index contributed by atoms with van der Waals surface area (Å²) in [5.41, 5.74) is 2.07. The second-order valence-electron chi connectivity index (χ2n) is 5.30. The maximum atomic E-state index is 12.0. The summed E-state index contributed by atoms with van der Waals surface area (Å²) in [6, 6.07) is 7.91. The van der Waals surface area contributed by atoms with Gasteiger partial charge in [0, 0.05) is 12.0 Å². The van der Waals surface area contributed by atoms with E-state index in [-0.39, 0.29) is 5.78 Å². The fourth-order valence-corrected chi connectivity index (χ4v) is 2.53. The SMILES string of the molecule is Cc1ccc(C(=O)CCCN2CCCCC2)cc1. The summed E-state index contributed by atoms with van der Waals surface area (Å²) in [5, 5.41) is 0. The predicted octanol–water partition coefficient (Wildman–Crippen LogP) is 3.44. The van der Waals surface area contributed by atoms with Gasteiger partial charge in [-0.1, -0.05) is 36.2 Å². The third kappa shape index (κ3) is 3.95. The van der Waals surface area contributed by atoms with Gasteiger partial charge in [-0.15, -0.1) is 0 Å². The molecule has 0 bridgehead atoms. The molecule has 1 saturated heterocycles. The molecule has 1 fully saturated rings. The molecule has 0 saturated carbocycles. The van der Waals surface area contributed by atoms with Gasteiger partial charge in [-0.2, -0.15) is 0 Å². The van der Waals surface area contributed by atoms with Crippen LogP contribution in [0.5, 0.6) is 0 Å². The number of benzene rings is 1. The van der Waals surface area contributed by atoms with Gasteiger partial charge in [0.1, 0.15) is 0 Å². The number of carbonyl (C=O) groups is 1. The van der Waals surface area contributed by atoms with E-state index in [4.69, 9.17) is 0 Å². The van der Waals surface area contributed by atoms with Crippen LogP contribution in [0.1, 0.15) is 48.0 Å². The zero-order valence-corrected chi connectivity index (χ0v) is 11.3. The standard InChI is InChI=1S/C16H23NO/c1-14-7-9-15(10-8-14)16(18)6-5-13-17-11-3-2-4-12-17/h7-10H,2-6,11-13H2,1H3. The van der Waals surface area contributed by atoms with Gasteiger partial charge in [0.05, 0.1) is 0 Å². The van der Waals surface area contributed by atoms with Crippen LogP contribution in [-0.2, 0) is 0 Å². The van der Waals surface area contributed by atoms with E-state index in [1.807, 2.05) is 31.2 Å². The molecule has 0 unspecified atom stereocenters. The predicted molar refractivity (Wildman–Crippen MR) is 75.0 cm³/mol. The van der Waals surface area contributed by atoms with Gasteiger partial charge < -0.3 is 4.90 Å². The summed E-state index contributed by atoms with van der Waals surface area (Å²) >= 11 is 0. The van der Waals surface area contributed by atoms with Crippen LogP contribution >= 0.6 is 0 Å². The Bertz CT molecular complexity index is 377. The van der Waals surface area contributed by atoms with Crippen LogP contribution in [0.25, 0.3) is 0 Å². The minimum absolute atomic E-state index is 0.284. The summed E-state index contributed by atoms with van der Waals surface area (Å²) in [6.07, 6.45) is 5.70. The molecule has 0 atom stereocenters. The van der Waals surface area contributed by atoms with Crippen LogP contribution in [-0.4, -0.2) is 30.3 Å². The molecule has 1 aromatic rings. The minimum atomic E-state index is 0.284. The highest BCUT2D eigenvalue weighted by Crippen LogP contribution is 2.11. The number of aryl methyl sites for hydroxylation is 1. The van der Waals surface area contributed by atoms with E-state index in [1.54, 1.807) is 0 Å². The second-order valence-corrected chi connectivity index (χ2v) is 5.30. The normalized spacial score (nSPS) is 16.7. The lowest BCUT2D eigenvalue weighted by Gasteiger charge is -2.26. The summed E-state index contributed by atoms with van der Waals surface area (Å²) in [7, 11) is 0. The van der Waals surface area contributed by atoms with Crippen molar-refractivity contribution in [3.63, 3.8) is 0 Å². The van der Waals surface area contributed by atoms with Crippen LogP contribution in [0.2, 0.25) is 0 Å². The van der Waals surface area contributed by atoms with Crippen LogP contribution in [0.15, 0.2) is 24.3 Å². The first kappa shape index (κ1) is 13.3. The lowest BCUT2D eigenvalue weighted by molar-refractivity contribution is 0.0973. The highest BCUT2D eigenvalue weighted by Gasteiger charge is 2.11. The molecule has 98 valence electrons. The first-order valence-electron chi connectivity index (χ1n) is 7.08. The maximum Gasteiger partial charge on any atom is 0.162 e. The molecular weight excluding hydrogens is 222 g/mol. The molecule has 0 aliphatic carbocycles. The van der Waals surface area contributed by atoms with Crippen LogP contribution in [0.4, 0.5) is 0 Å². The summed E-state index contributed by atoms with van der Waals surface area (Å²) in [6.45, 7) is 5.57. The zero-order valence-electron chi connectivity index (χ0n) is 11.3. The minimum Gasteiger partial charge on any atom is -0.303 e. The molecule has 2 heteroatoms. The molecule has 18 heavy (non-hydrogen) atoms. The quantitative estimate of drug-likeness (QED) is 0.741. The Labute approximate surface area is 110 Å². The van der Waals surface area contributed by atoms with E-state index in [0.717, 1.165) is 18.5 Å². The maximum absolute atomic E-state index is 12.0. The van der Waals surface area contributed by atoms with Crippen molar-refractivity contribution in [2.75, 3.05) is 19.6 Å². The third-order valence-corrected chi connectivity index (χ3v) is 3.70. The average molecular weight is 245 g/mol. The van der Waals surface area contributed by atoms with E-state index >= 15 is 0 Å². The first-order chi connectivity index (χ1) is 8.75. The monoisotopic (exact) mass is 245 g/mol. The Kier molecular flexibility index (Phi) is 4.94. The van der Waals surface area contributed by atoms with Crippen molar-refractivity contribution in [3.05, 3.63) is 35.4 Å². The molecule has 1 aromatic carbocycles. The molecule has 1 aliphatic heterocycles. The molecule has 2 nitrogen and oxygen atoms in total. The lowest BCUT2D eigenvalue weighted by atomic mass is 10.0. The van der Waals surface area contributed by atoms with Crippen LogP contribution < -0.4 is 0 Å². The summed E-state index contributed by atoms with van der Waals surface area (Å²) in [5.74, 6) is 0.284. The highest BCUT2D eigenvalue weighted by atomic mass is 16.1. The van der Waals surface area contributed by atoms with E-state index in [2.05, 4.69) is 4.90 Å². The fourth-order valence-electron chi connectivity index (χ4n) is 2.53. The van der Waals surface area contributed by atoms with E-state index < -0.39 is 0 Å². The molecule has 0 spiro atoms. The van der Waals surface area contributed by atoms with Gasteiger partial charge in [0.25, 0.3) is 0 Å². The summed E-state index contributed by atoms with van der Waals surface area (Å²) in [4.78, 5) is 14.5. The molecule has 0 aromatic heterocycles. The molecule has 0 N–H and O–H groups in total. The first-order valence-corrected chi connectivity index (χ1v) is 7.08. The van der Waals surface area contributed by atoms with Gasteiger partial charge in [0.15, 0.2) is 5.78 Å². The number of ketones is 1. The Morgan fingerprint density at radius 2 is 1.78 bits per heavy atom. The molecule has 1 heterocycles. The molecule has 0 radical (unpaired) electrons. The number of carbonyl (C=O) groups excluding carboxylic acids is 1. The second kappa shape index (κ2) is 6.69. The number of hydrogen-bond donors (Lipinski definition) is 0. The average Bonchev–Trinajstić information content (AvgIpc) is 2.40. The Balaban J connectivity index is 1.72. The third-order valence-electron chi connectivity index (χ3n) is 3.70. The fraction of sp³-hybridized carbons (Fsp3) is 0.562. The number of likely N-dealkylation sites (tertiary alicyclic amines) is 1. The van der Waals surface area contributed by atoms with Gasteiger partial charge in [0.2, 0.25) is 0 Å². The largest absolute Gasteiger partial charge is 0.303 e.